The van der Waals surface area contributed by atoms with Crippen molar-refractivity contribution in [3.8, 4) is 5.82 Å². The quantitative estimate of drug-likeness (QED) is 0.474. The van der Waals surface area contributed by atoms with E-state index in [0.29, 0.717) is 0 Å². The maximum atomic E-state index is 8.56. The van der Waals surface area contributed by atoms with Gasteiger partial charge < -0.3 is 9.77 Å². The van der Waals surface area contributed by atoms with Gasteiger partial charge in [0.25, 0.3) is 0 Å². The molecule has 0 saturated carbocycles. The van der Waals surface area contributed by atoms with Crippen LogP contribution < -0.4 is 0 Å². The summed E-state index contributed by atoms with van der Waals surface area (Å²) in [5.74, 6) is 0.870. The first-order chi connectivity index (χ1) is 7.74. The molecule has 2 rings (SSSR count). The molecule has 2 heterocycles. The second kappa shape index (κ2) is 4.18. The highest BCUT2D eigenvalue weighted by molar-refractivity contribution is 5.81. The second-order valence-electron chi connectivity index (χ2n) is 3.59. The molecule has 4 nitrogen and oxygen atoms in total. The zero-order chi connectivity index (χ0) is 11.5. The molecule has 16 heavy (non-hydrogen) atoms. The van der Waals surface area contributed by atoms with Crippen molar-refractivity contribution < 1.29 is 5.21 Å². The van der Waals surface area contributed by atoms with Gasteiger partial charge in [-0.3, -0.25) is 0 Å². The van der Waals surface area contributed by atoms with Crippen molar-refractivity contribution in [1.29, 1.82) is 0 Å². The summed E-state index contributed by atoms with van der Waals surface area (Å²) in [5, 5.41) is 11.6. The van der Waals surface area contributed by atoms with E-state index in [2.05, 4.69) is 10.1 Å². The largest absolute Gasteiger partial charge is 0.411 e. The van der Waals surface area contributed by atoms with Crippen LogP contribution in [-0.2, 0) is 0 Å². The van der Waals surface area contributed by atoms with Crippen LogP contribution in [0, 0.1) is 13.8 Å². The van der Waals surface area contributed by atoms with Gasteiger partial charge in [0.15, 0.2) is 0 Å². The first-order valence-corrected chi connectivity index (χ1v) is 5.02. The Labute approximate surface area is 93.9 Å². The topological polar surface area (TPSA) is 50.4 Å². The van der Waals surface area contributed by atoms with E-state index in [9.17, 15) is 0 Å². The molecule has 0 atom stereocenters. The molecule has 0 unspecified atom stereocenters. The molecule has 2 aromatic rings. The van der Waals surface area contributed by atoms with E-state index < -0.39 is 0 Å². The van der Waals surface area contributed by atoms with E-state index >= 15 is 0 Å². The van der Waals surface area contributed by atoms with Gasteiger partial charge in [-0.05, 0) is 32.0 Å². The molecule has 0 aliphatic heterocycles. The standard InChI is InChI=1S/C12H13N3O/c1-9-7-11(8-14-16)10(2)15(9)12-5-3-4-6-13-12/h3-8,16H,1-2H3. The third-order valence-corrected chi connectivity index (χ3v) is 2.55. The van der Waals surface area contributed by atoms with Gasteiger partial charge >= 0.3 is 0 Å². The lowest BCUT2D eigenvalue weighted by Crippen LogP contribution is -2.01. The molecular formula is C12H13N3O. The molecule has 1 N–H and O–H groups in total. The maximum Gasteiger partial charge on any atom is 0.136 e. The Morgan fingerprint density at radius 2 is 2.19 bits per heavy atom. The summed E-state index contributed by atoms with van der Waals surface area (Å²) in [6.45, 7) is 3.97. The Balaban J connectivity index is 2.58. The fraction of sp³-hybridized carbons (Fsp3) is 0.167. The molecule has 4 heteroatoms. The van der Waals surface area contributed by atoms with Gasteiger partial charge in [0, 0.05) is 23.1 Å². The van der Waals surface area contributed by atoms with Crippen LogP contribution in [0.5, 0.6) is 0 Å². The highest BCUT2D eigenvalue weighted by Crippen LogP contribution is 2.17. The molecule has 0 spiro atoms. The van der Waals surface area contributed by atoms with Crippen molar-refractivity contribution in [2.75, 3.05) is 0 Å². The van der Waals surface area contributed by atoms with Crippen molar-refractivity contribution in [3.63, 3.8) is 0 Å². The lowest BCUT2D eigenvalue weighted by Gasteiger charge is -2.07. The summed E-state index contributed by atoms with van der Waals surface area (Å²) >= 11 is 0. The Morgan fingerprint density at radius 1 is 1.38 bits per heavy atom. The van der Waals surface area contributed by atoms with Crippen molar-refractivity contribution in [2.24, 2.45) is 5.16 Å². The summed E-state index contributed by atoms with van der Waals surface area (Å²) < 4.78 is 2.02. The zero-order valence-corrected chi connectivity index (χ0v) is 9.25. The van der Waals surface area contributed by atoms with Gasteiger partial charge in [-0.15, -0.1) is 0 Å². The van der Waals surface area contributed by atoms with E-state index in [0.717, 1.165) is 22.8 Å². The number of aryl methyl sites for hydroxylation is 1. The van der Waals surface area contributed by atoms with Crippen molar-refractivity contribution in [3.05, 3.63) is 47.4 Å². The van der Waals surface area contributed by atoms with Crippen molar-refractivity contribution in [1.82, 2.24) is 9.55 Å². The van der Waals surface area contributed by atoms with E-state index in [4.69, 9.17) is 5.21 Å². The van der Waals surface area contributed by atoms with Crippen LogP contribution in [0.2, 0.25) is 0 Å². The average molecular weight is 215 g/mol. The normalized spacial score (nSPS) is 11.1. The fourth-order valence-corrected chi connectivity index (χ4v) is 1.82. The fourth-order valence-electron chi connectivity index (χ4n) is 1.82. The third-order valence-electron chi connectivity index (χ3n) is 2.55. The second-order valence-corrected chi connectivity index (χ2v) is 3.59. The van der Waals surface area contributed by atoms with Gasteiger partial charge in [-0.25, -0.2) is 4.98 Å². The zero-order valence-electron chi connectivity index (χ0n) is 9.25. The highest BCUT2D eigenvalue weighted by Gasteiger charge is 2.09. The van der Waals surface area contributed by atoms with Crippen LogP contribution in [0.4, 0.5) is 0 Å². The number of aromatic nitrogens is 2. The number of hydrogen-bond acceptors (Lipinski definition) is 3. The first-order valence-electron chi connectivity index (χ1n) is 5.02. The van der Waals surface area contributed by atoms with Crippen molar-refractivity contribution in [2.45, 2.75) is 13.8 Å². The summed E-state index contributed by atoms with van der Waals surface area (Å²) in [6, 6.07) is 7.73. The molecule has 0 aromatic carbocycles. The minimum Gasteiger partial charge on any atom is -0.411 e. The Hall–Kier alpha value is -2.10. The van der Waals surface area contributed by atoms with Crippen LogP contribution in [0.1, 0.15) is 17.0 Å². The summed E-state index contributed by atoms with van der Waals surface area (Å²) in [7, 11) is 0. The van der Waals surface area contributed by atoms with Crippen LogP contribution in [-0.4, -0.2) is 21.0 Å². The van der Waals surface area contributed by atoms with Gasteiger partial charge in [-0.2, -0.15) is 0 Å². The molecular weight excluding hydrogens is 202 g/mol. The molecule has 0 fully saturated rings. The predicted octanol–water partition coefficient (Wildman–Crippen LogP) is 2.30. The van der Waals surface area contributed by atoms with Crippen LogP contribution in [0.3, 0.4) is 0 Å². The summed E-state index contributed by atoms with van der Waals surface area (Å²) in [5.41, 5.74) is 2.96. The van der Waals surface area contributed by atoms with Gasteiger partial charge in [0.05, 0.1) is 6.21 Å². The molecule has 0 aliphatic carbocycles. The molecule has 0 bridgehead atoms. The monoisotopic (exact) mass is 215 g/mol. The number of pyridine rings is 1. The minimum absolute atomic E-state index is 0.870. The highest BCUT2D eigenvalue weighted by atomic mass is 16.4. The van der Waals surface area contributed by atoms with E-state index in [1.165, 1.54) is 6.21 Å². The van der Waals surface area contributed by atoms with Gasteiger partial charge in [-0.1, -0.05) is 11.2 Å². The molecule has 0 radical (unpaired) electrons. The summed E-state index contributed by atoms with van der Waals surface area (Å²) in [4.78, 5) is 4.30. The number of hydrogen-bond donors (Lipinski definition) is 1. The van der Waals surface area contributed by atoms with Crippen LogP contribution in [0.25, 0.3) is 5.82 Å². The molecule has 0 saturated heterocycles. The SMILES string of the molecule is Cc1cc(C=NO)c(C)n1-c1ccccn1. The Kier molecular flexibility index (Phi) is 2.72. The molecule has 0 aliphatic rings. The predicted molar refractivity (Wildman–Crippen MR) is 62.4 cm³/mol. The first kappa shape index (κ1) is 10.4. The average Bonchev–Trinajstić information content (AvgIpc) is 2.56. The lowest BCUT2D eigenvalue weighted by molar-refractivity contribution is 0.322. The minimum atomic E-state index is 0.870. The maximum absolute atomic E-state index is 8.56. The van der Waals surface area contributed by atoms with E-state index in [1.54, 1.807) is 6.20 Å². The smallest absolute Gasteiger partial charge is 0.136 e. The van der Waals surface area contributed by atoms with E-state index in [-0.39, 0.29) is 0 Å². The van der Waals surface area contributed by atoms with Gasteiger partial charge in [0.2, 0.25) is 0 Å². The molecule has 0 amide bonds. The Morgan fingerprint density at radius 3 is 2.81 bits per heavy atom. The lowest BCUT2D eigenvalue weighted by atomic mass is 10.3. The molecule has 82 valence electrons. The van der Waals surface area contributed by atoms with E-state index in [1.807, 2.05) is 42.7 Å². The number of nitrogens with zero attached hydrogens (tertiary/aromatic N) is 3. The Bertz CT molecular complexity index is 515. The summed E-state index contributed by atoms with van der Waals surface area (Å²) in [6.07, 6.45) is 3.19. The molecule has 2 aromatic heterocycles. The number of oxime groups is 1. The van der Waals surface area contributed by atoms with Crippen LogP contribution >= 0.6 is 0 Å². The third kappa shape index (κ3) is 1.69. The van der Waals surface area contributed by atoms with Crippen molar-refractivity contribution >= 4 is 6.21 Å². The van der Waals surface area contributed by atoms with Crippen LogP contribution in [0.15, 0.2) is 35.6 Å². The number of rotatable bonds is 2. The van der Waals surface area contributed by atoms with Gasteiger partial charge in [0.1, 0.15) is 5.82 Å².